The van der Waals surface area contributed by atoms with E-state index in [2.05, 4.69) is 9.27 Å². The summed E-state index contributed by atoms with van der Waals surface area (Å²) in [6.07, 6.45) is 7.67. The molecule has 2 heterocycles. The van der Waals surface area contributed by atoms with E-state index in [-0.39, 0.29) is 0 Å². The molecule has 1 saturated carbocycles. The van der Waals surface area contributed by atoms with Crippen molar-refractivity contribution in [1.82, 2.24) is 9.36 Å². The Kier molecular flexibility index (Phi) is 4.81. The van der Waals surface area contributed by atoms with E-state index in [1.807, 2.05) is 30.3 Å². The number of rotatable bonds is 5. The maximum absolute atomic E-state index is 10.7. The maximum Gasteiger partial charge on any atom is 0.205 e. The van der Waals surface area contributed by atoms with Gasteiger partial charge in [0, 0.05) is 30.0 Å². The predicted molar refractivity (Wildman–Crippen MR) is 97.5 cm³/mol. The second kappa shape index (κ2) is 7.19. The Bertz CT molecular complexity index is 656. The molecule has 128 valence electrons. The average Bonchev–Trinajstić information content (AvgIpc) is 3.40. The van der Waals surface area contributed by atoms with Gasteiger partial charge in [-0.2, -0.15) is 4.37 Å². The average molecular weight is 343 g/mol. The summed E-state index contributed by atoms with van der Waals surface area (Å²) in [6, 6.07) is 10.4. The van der Waals surface area contributed by atoms with Gasteiger partial charge in [-0.3, -0.25) is 0 Å². The molecular formula is C19H25N3OS. The van der Waals surface area contributed by atoms with Gasteiger partial charge in [-0.15, -0.1) is 0 Å². The van der Waals surface area contributed by atoms with E-state index in [4.69, 9.17) is 4.98 Å². The molecule has 1 aromatic carbocycles. The molecule has 4 rings (SSSR count). The molecule has 4 nitrogen and oxygen atoms in total. The molecule has 0 bridgehead atoms. The summed E-state index contributed by atoms with van der Waals surface area (Å²) in [5.41, 5.74) is 1.01. The molecule has 0 spiro atoms. The van der Waals surface area contributed by atoms with Crippen LogP contribution in [0.15, 0.2) is 30.3 Å². The van der Waals surface area contributed by atoms with Crippen LogP contribution >= 0.6 is 11.5 Å². The van der Waals surface area contributed by atoms with Gasteiger partial charge in [0.1, 0.15) is 5.82 Å². The lowest BCUT2D eigenvalue weighted by Gasteiger charge is -2.31. The maximum atomic E-state index is 10.7. The lowest BCUT2D eigenvalue weighted by molar-refractivity contribution is 0.155. The van der Waals surface area contributed by atoms with Crippen LogP contribution in [0, 0.1) is 0 Å². The van der Waals surface area contributed by atoms with Gasteiger partial charge in [0.2, 0.25) is 5.13 Å². The van der Waals surface area contributed by atoms with E-state index in [9.17, 15) is 5.11 Å². The number of benzene rings is 1. The highest BCUT2D eigenvalue weighted by molar-refractivity contribution is 7.09. The first kappa shape index (κ1) is 16.0. The number of aliphatic hydroxyl groups excluding tert-OH is 1. The molecule has 2 aliphatic rings. The van der Waals surface area contributed by atoms with Crippen LogP contribution in [-0.2, 0) is 0 Å². The van der Waals surface area contributed by atoms with Crippen molar-refractivity contribution in [3.05, 3.63) is 41.7 Å². The van der Waals surface area contributed by atoms with E-state index >= 15 is 0 Å². The molecule has 0 amide bonds. The number of aromatic nitrogens is 2. The molecule has 0 radical (unpaired) electrons. The molecule has 1 saturated heterocycles. The first-order chi connectivity index (χ1) is 11.8. The summed E-state index contributed by atoms with van der Waals surface area (Å²) in [7, 11) is 0. The topological polar surface area (TPSA) is 49.2 Å². The van der Waals surface area contributed by atoms with Crippen LogP contribution < -0.4 is 4.90 Å². The molecule has 2 fully saturated rings. The molecule has 5 heteroatoms. The van der Waals surface area contributed by atoms with Gasteiger partial charge in [0.25, 0.3) is 0 Å². The van der Waals surface area contributed by atoms with Gasteiger partial charge in [0.15, 0.2) is 0 Å². The van der Waals surface area contributed by atoms with Gasteiger partial charge < -0.3 is 10.0 Å². The fraction of sp³-hybridized carbons (Fsp3) is 0.579. The van der Waals surface area contributed by atoms with Crippen molar-refractivity contribution in [3.8, 4) is 0 Å². The summed E-state index contributed by atoms with van der Waals surface area (Å²) < 4.78 is 4.58. The summed E-state index contributed by atoms with van der Waals surface area (Å²) in [4.78, 5) is 7.24. The minimum Gasteiger partial charge on any atom is -0.388 e. The van der Waals surface area contributed by atoms with Crippen molar-refractivity contribution >= 4 is 16.7 Å². The second-order valence-corrected chi connectivity index (χ2v) is 7.80. The minimum atomic E-state index is -0.410. The zero-order chi connectivity index (χ0) is 16.4. The Hall–Kier alpha value is -1.46. The Balaban J connectivity index is 1.51. The van der Waals surface area contributed by atoms with Gasteiger partial charge in [-0.1, -0.05) is 43.2 Å². The SMILES string of the molecule is OC(CC1CCCCCN1c1nc(C2CC2)ns1)c1ccccc1. The third-order valence-electron chi connectivity index (χ3n) is 5.18. The van der Waals surface area contributed by atoms with Crippen LogP contribution in [0.25, 0.3) is 0 Å². The largest absolute Gasteiger partial charge is 0.388 e. The summed E-state index contributed by atoms with van der Waals surface area (Å²) in [5.74, 6) is 1.65. The predicted octanol–water partition coefficient (Wildman–Crippen LogP) is 4.29. The lowest BCUT2D eigenvalue weighted by atomic mass is 9.98. The van der Waals surface area contributed by atoms with Crippen LogP contribution in [0.5, 0.6) is 0 Å². The van der Waals surface area contributed by atoms with E-state index in [0.29, 0.717) is 12.0 Å². The monoisotopic (exact) mass is 343 g/mol. The van der Waals surface area contributed by atoms with Gasteiger partial charge in [0.05, 0.1) is 6.10 Å². The van der Waals surface area contributed by atoms with Crippen LogP contribution in [0.3, 0.4) is 0 Å². The van der Waals surface area contributed by atoms with Crippen molar-refractivity contribution in [2.45, 2.75) is 63.0 Å². The Morgan fingerprint density at radius 2 is 1.96 bits per heavy atom. The zero-order valence-corrected chi connectivity index (χ0v) is 14.8. The highest BCUT2D eigenvalue weighted by Gasteiger charge is 2.31. The third kappa shape index (κ3) is 3.62. The number of aliphatic hydroxyl groups is 1. The van der Waals surface area contributed by atoms with Crippen molar-refractivity contribution < 1.29 is 5.11 Å². The number of anilines is 1. The van der Waals surface area contributed by atoms with Gasteiger partial charge >= 0.3 is 0 Å². The van der Waals surface area contributed by atoms with Gasteiger partial charge in [-0.25, -0.2) is 4.98 Å². The summed E-state index contributed by atoms with van der Waals surface area (Å²) >= 11 is 1.54. The van der Waals surface area contributed by atoms with Crippen LogP contribution in [0.2, 0.25) is 0 Å². The molecule has 1 aromatic heterocycles. The normalized spacial score (nSPS) is 23.0. The fourth-order valence-electron chi connectivity index (χ4n) is 3.59. The number of hydrogen-bond acceptors (Lipinski definition) is 5. The fourth-order valence-corrected chi connectivity index (χ4v) is 4.44. The van der Waals surface area contributed by atoms with Crippen LogP contribution in [0.1, 0.15) is 68.4 Å². The third-order valence-corrected chi connectivity index (χ3v) is 5.94. The molecule has 1 aliphatic carbocycles. The van der Waals surface area contributed by atoms with Gasteiger partial charge in [-0.05, 0) is 37.7 Å². The molecule has 1 aliphatic heterocycles. The van der Waals surface area contributed by atoms with Crippen molar-refractivity contribution in [3.63, 3.8) is 0 Å². The molecule has 24 heavy (non-hydrogen) atoms. The second-order valence-electron chi connectivity index (χ2n) is 7.07. The molecule has 2 atom stereocenters. The minimum absolute atomic E-state index is 0.350. The summed E-state index contributed by atoms with van der Waals surface area (Å²) in [6.45, 7) is 1.03. The van der Waals surface area contributed by atoms with E-state index < -0.39 is 6.10 Å². The smallest absolute Gasteiger partial charge is 0.205 e. The van der Waals surface area contributed by atoms with E-state index in [0.717, 1.165) is 35.9 Å². The van der Waals surface area contributed by atoms with E-state index in [1.165, 1.54) is 32.1 Å². The first-order valence-electron chi connectivity index (χ1n) is 9.14. The molecule has 2 unspecified atom stereocenters. The highest BCUT2D eigenvalue weighted by Crippen LogP contribution is 2.40. The highest BCUT2D eigenvalue weighted by atomic mass is 32.1. The number of nitrogens with zero attached hydrogens (tertiary/aromatic N) is 3. The van der Waals surface area contributed by atoms with E-state index in [1.54, 1.807) is 11.5 Å². The van der Waals surface area contributed by atoms with Crippen LogP contribution in [-0.4, -0.2) is 27.1 Å². The van der Waals surface area contributed by atoms with Crippen molar-refractivity contribution in [1.29, 1.82) is 0 Å². The summed E-state index contributed by atoms with van der Waals surface area (Å²) in [5, 5.41) is 11.7. The Labute approximate surface area is 147 Å². The molecule has 1 N–H and O–H groups in total. The molecule has 2 aromatic rings. The number of hydrogen-bond donors (Lipinski definition) is 1. The zero-order valence-electron chi connectivity index (χ0n) is 14.0. The first-order valence-corrected chi connectivity index (χ1v) is 9.92. The Morgan fingerprint density at radius 1 is 1.12 bits per heavy atom. The Morgan fingerprint density at radius 3 is 2.75 bits per heavy atom. The molecular weight excluding hydrogens is 318 g/mol. The van der Waals surface area contributed by atoms with Crippen molar-refractivity contribution in [2.75, 3.05) is 11.4 Å². The quantitative estimate of drug-likeness (QED) is 0.880. The standard InChI is InChI=1S/C19H25N3OS/c23-17(14-7-3-1-4-8-14)13-16-9-5-2-6-12-22(16)19-20-18(21-24-19)15-10-11-15/h1,3-4,7-8,15-17,23H,2,5-6,9-13H2. The van der Waals surface area contributed by atoms with Crippen molar-refractivity contribution in [2.24, 2.45) is 0 Å². The van der Waals surface area contributed by atoms with Crippen LogP contribution in [0.4, 0.5) is 5.13 Å². The lowest BCUT2D eigenvalue weighted by Crippen LogP contribution is -2.36.